The molecule has 2 rings (SSSR count). The molecular weight excluding hydrogens is 306 g/mol. The Labute approximate surface area is 120 Å². The standard InChI is InChI=1S/C15H14BrNO2/c16-14-7-2-1-6-12(14)13(15(18)19)9-8-11-5-3-4-10-17-11/h1-7,10,13H,8-9H2,(H,18,19). The molecule has 0 aliphatic heterocycles. The molecule has 0 fully saturated rings. The summed E-state index contributed by atoms with van der Waals surface area (Å²) in [5.41, 5.74) is 1.73. The normalized spacial score (nSPS) is 12.1. The first-order chi connectivity index (χ1) is 9.18. The van der Waals surface area contributed by atoms with Crippen molar-refractivity contribution >= 4 is 21.9 Å². The minimum Gasteiger partial charge on any atom is -0.481 e. The molecule has 0 saturated heterocycles. The summed E-state index contributed by atoms with van der Waals surface area (Å²) in [5, 5.41) is 9.39. The molecule has 1 heterocycles. The second kappa shape index (κ2) is 6.48. The Hall–Kier alpha value is -1.68. The van der Waals surface area contributed by atoms with Crippen LogP contribution in [-0.2, 0) is 11.2 Å². The lowest BCUT2D eigenvalue weighted by molar-refractivity contribution is -0.139. The van der Waals surface area contributed by atoms with Crippen LogP contribution in [0.5, 0.6) is 0 Å². The number of carbonyl (C=O) groups is 1. The molecule has 0 bridgehead atoms. The molecule has 1 aromatic carbocycles. The Morgan fingerprint density at radius 1 is 1.21 bits per heavy atom. The summed E-state index contributed by atoms with van der Waals surface area (Å²) in [7, 11) is 0. The van der Waals surface area contributed by atoms with Crippen molar-refractivity contribution in [2.24, 2.45) is 0 Å². The Morgan fingerprint density at radius 2 is 1.95 bits per heavy atom. The maximum atomic E-state index is 11.4. The number of aliphatic carboxylic acids is 1. The highest BCUT2D eigenvalue weighted by atomic mass is 79.9. The lowest BCUT2D eigenvalue weighted by Gasteiger charge is -2.14. The first-order valence-electron chi connectivity index (χ1n) is 6.05. The maximum Gasteiger partial charge on any atom is 0.311 e. The number of halogens is 1. The smallest absolute Gasteiger partial charge is 0.311 e. The van der Waals surface area contributed by atoms with Gasteiger partial charge in [-0.1, -0.05) is 40.2 Å². The molecule has 4 heteroatoms. The van der Waals surface area contributed by atoms with Crippen LogP contribution >= 0.6 is 15.9 Å². The lowest BCUT2D eigenvalue weighted by Crippen LogP contribution is -2.13. The van der Waals surface area contributed by atoms with Gasteiger partial charge in [-0.25, -0.2) is 0 Å². The van der Waals surface area contributed by atoms with E-state index < -0.39 is 11.9 Å². The summed E-state index contributed by atoms with van der Waals surface area (Å²) < 4.78 is 0.837. The van der Waals surface area contributed by atoms with Crippen molar-refractivity contribution in [2.45, 2.75) is 18.8 Å². The van der Waals surface area contributed by atoms with Gasteiger partial charge in [-0.15, -0.1) is 0 Å². The molecule has 1 aromatic heterocycles. The number of nitrogens with zero attached hydrogens (tertiary/aromatic N) is 1. The molecular formula is C15H14BrNO2. The van der Waals surface area contributed by atoms with Gasteiger partial charge in [0.2, 0.25) is 0 Å². The number of benzene rings is 1. The van der Waals surface area contributed by atoms with E-state index in [1.807, 2.05) is 42.5 Å². The Balaban J connectivity index is 2.14. The van der Waals surface area contributed by atoms with Crippen molar-refractivity contribution in [3.63, 3.8) is 0 Å². The van der Waals surface area contributed by atoms with Crippen molar-refractivity contribution in [1.82, 2.24) is 4.98 Å². The zero-order chi connectivity index (χ0) is 13.7. The Kier molecular flexibility index (Phi) is 4.68. The van der Waals surface area contributed by atoms with E-state index in [4.69, 9.17) is 0 Å². The maximum absolute atomic E-state index is 11.4. The highest BCUT2D eigenvalue weighted by molar-refractivity contribution is 9.10. The lowest BCUT2D eigenvalue weighted by atomic mass is 9.93. The summed E-state index contributed by atoms with van der Waals surface area (Å²) in [6, 6.07) is 13.1. The topological polar surface area (TPSA) is 50.2 Å². The number of carboxylic acid groups (broad SMARTS) is 1. The van der Waals surface area contributed by atoms with Crippen molar-refractivity contribution < 1.29 is 9.90 Å². The molecule has 0 aliphatic rings. The number of pyridine rings is 1. The zero-order valence-electron chi connectivity index (χ0n) is 10.3. The molecule has 1 N–H and O–H groups in total. The van der Waals surface area contributed by atoms with Crippen LogP contribution in [0.25, 0.3) is 0 Å². The third kappa shape index (κ3) is 3.64. The average Bonchev–Trinajstić information content (AvgIpc) is 2.42. The number of rotatable bonds is 5. The van der Waals surface area contributed by atoms with E-state index in [1.54, 1.807) is 6.20 Å². The van der Waals surface area contributed by atoms with E-state index in [2.05, 4.69) is 20.9 Å². The third-order valence-corrected chi connectivity index (χ3v) is 3.72. The van der Waals surface area contributed by atoms with Gasteiger partial charge in [0.25, 0.3) is 0 Å². The Bertz CT molecular complexity index is 557. The molecule has 1 unspecified atom stereocenters. The van der Waals surface area contributed by atoms with Crippen LogP contribution in [0.4, 0.5) is 0 Å². The predicted octanol–water partition coefficient (Wildman–Crippen LogP) is 3.65. The fourth-order valence-corrected chi connectivity index (χ4v) is 2.57. The summed E-state index contributed by atoms with van der Waals surface area (Å²) in [5.74, 6) is -1.32. The second-order valence-corrected chi connectivity index (χ2v) is 5.13. The van der Waals surface area contributed by atoms with Crippen LogP contribution in [-0.4, -0.2) is 16.1 Å². The molecule has 1 atom stereocenters. The molecule has 2 aromatic rings. The fraction of sp³-hybridized carbons (Fsp3) is 0.200. The van der Waals surface area contributed by atoms with E-state index in [-0.39, 0.29) is 0 Å². The molecule has 98 valence electrons. The number of hydrogen-bond acceptors (Lipinski definition) is 2. The number of carboxylic acids is 1. The van der Waals surface area contributed by atoms with Gasteiger partial charge >= 0.3 is 5.97 Å². The van der Waals surface area contributed by atoms with Gasteiger partial charge in [0.05, 0.1) is 5.92 Å². The highest BCUT2D eigenvalue weighted by Crippen LogP contribution is 2.28. The quantitative estimate of drug-likeness (QED) is 0.915. The fourth-order valence-electron chi connectivity index (χ4n) is 2.01. The summed E-state index contributed by atoms with van der Waals surface area (Å²) in [6.45, 7) is 0. The zero-order valence-corrected chi connectivity index (χ0v) is 11.9. The van der Waals surface area contributed by atoms with Crippen LogP contribution in [0, 0.1) is 0 Å². The first-order valence-corrected chi connectivity index (χ1v) is 6.85. The molecule has 0 spiro atoms. The van der Waals surface area contributed by atoms with Gasteiger partial charge in [0.1, 0.15) is 0 Å². The van der Waals surface area contributed by atoms with E-state index in [0.717, 1.165) is 15.7 Å². The van der Waals surface area contributed by atoms with E-state index >= 15 is 0 Å². The van der Waals surface area contributed by atoms with E-state index in [0.29, 0.717) is 12.8 Å². The van der Waals surface area contributed by atoms with Crippen LogP contribution in [0.15, 0.2) is 53.1 Å². The first kappa shape index (κ1) is 13.7. The van der Waals surface area contributed by atoms with Crippen molar-refractivity contribution in [3.05, 3.63) is 64.4 Å². The minimum absolute atomic E-state index is 0.516. The summed E-state index contributed by atoms with van der Waals surface area (Å²) in [6.07, 6.45) is 2.91. The summed E-state index contributed by atoms with van der Waals surface area (Å²) in [4.78, 5) is 15.7. The van der Waals surface area contributed by atoms with Gasteiger partial charge in [-0.3, -0.25) is 9.78 Å². The van der Waals surface area contributed by atoms with Crippen molar-refractivity contribution in [1.29, 1.82) is 0 Å². The molecule has 0 radical (unpaired) electrons. The molecule has 0 amide bonds. The van der Waals surface area contributed by atoms with E-state index in [1.165, 1.54) is 0 Å². The van der Waals surface area contributed by atoms with Crippen LogP contribution < -0.4 is 0 Å². The van der Waals surface area contributed by atoms with Crippen molar-refractivity contribution in [3.8, 4) is 0 Å². The van der Waals surface area contributed by atoms with Crippen LogP contribution in [0.3, 0.4) is 0 Å². The number of hydrogen-bond donors (Lipinski definition) is 1. The number of aromatic nitrogens is 1. The van der Waals surface area contributed by atoms with Gasteiger partial charge in [-0.2, -0.15) is 0 Å². The largest absolute Gasteiger partial charge is 0.481 e. The molecule has 0 aliphatic carbocycles. The Morgan fingerprint density at radius 3 is 2.58 bits per heavy atom. The molecule has 19 heavy (non-hydrogen) atoms. The second-order valence-electron chi connectivity index (χ2n) is 4.27. The van der Waals surface area contributed by atoms with E-state index in [9.17, 15) is 9.90 Å². The van der Waals surface area contributed by atoms with Crippen LogP contribution in [0.2, 0.25) is 0 Å². The monoisotopic (exact) mass is 319 g/mol. The van der Waals surface area contributed by atoms with Crippen molar-refractivity contribution in [2.75, 3.05) is 0 Å². The summed E-state index contributed by atoms with van der Waals surface area (Å²) >= 11 is 3.41. The van der Waals surface area contributed by atoms with Gasteiger partial charge < -0.3 is 5.11 Å². The molecule has 0 saturated carbocycles. The highest BCUT2D eigenvalue weighted by Gasteiger charge is 2.21. The van der Waals surface area contributed by atoms with Crippen LogP contribution in [0.1, 0.15) is 23.6 Å². The average molecular weight is 320 g/mol. The number of aryl methyl sites for hydroxylation is 1. The molecule has 3 nitrogen and oxygen atoms in total. The SMILES string of the molecule is O=C(O)C(CCc1ccccn1)c1ccccc1Br. The van der Waals surface area contributed by atoms with Gasteiger partial charge in [0, 0.05) is 16.4 Å². The van der Waals surface area contributed by atoms with Gasteiger partial charge in [0.15, 0.2) is 0 Å². The third-order valence-electron chi connectivity index (χ3n) is 2.99. The predicted molar refractivity (Wildman–Crippen MR) is 77.1 cm³/mol. The van der Waals surface area contributed by atoms with Gasteiger partial charge in [-0.05, 0) is 36.6 Å². The minimum atomic E-state index is -0.803.